The number of rotatable bonds is 3. The minimum absolute atomic E-state index is 0.126. The summed E-state index contributed by atoms with van der Waals surface area (Å²) in [5, 5.41) is 0. The van der Waals surface area contributed by atoms with E-state index in [1.807, 2.05) is 4.90 Å². The van der Waals surface area contributed by atoms with Crippen LogP contribution in [0.2, 0.25) is 0 Å². The van der Waals surface area contributed by atoms with Gasteiger partial charge in [0.1, 0.15) is 0 Å². The Kier molecular flexibility index (Phi) is 3.84. The summed E-state index contributed by atoms with van der Waals surface area (Å²) in [7, 11) is 1.63. The van der Waals surface area contributed by atoms with Crippen LogP contribution in [0.4, 0.5) is 0 Å². The molecule has 4 aliphatic rings. The zero-order valence-corrected chi connectivity index (χ0v) is 13.8. The SMILES string of the molecule is COC1C(=O)N(C2CCN(C(=O)C3CC3)CC2)C12CCOCC2. The molecule has 0 aromatic rings. The Bertz CT molecular complexity index is 491. The molecule has 2 amide bonds. The molecule has 1 unspecified atom stereocenters. The smallest absolute Gasteiger partial charge is 0.254 e. The lowest BCUT2D eigenvalue weighted by atomic mass is 9.72. The van der Waals surface area contributed by atoms with Crippen LogP contribution in [0, 0.1) is 5.92 Å². The lowest BCUT2D eigenvalue weighted by molar-refractivity contribution is -0.213. The minimum atomic E-state index is -0.308. The lowest BCUT2D eigenvalue weighted by Crippen LogP contribution is -2.79. The average Bonchev–Trinajstić information content (AvgIpc) is 3.41. The van der Waals surface area contributed by atoms with Crippen LogP contribution in [-0.2, 0) is 19.1 Å². The second kappa shape index (κ2) is 5.74. The molecule has 1 aliphatic carbocycles. The van der Waals surface area contributed by atoms with E-state index in [2.05, 4.69) is 4.90 Å². The van der Waals surface area contributed by atoms with Crippen molar-refractivity contribution in [2.45, 2.75) is 56.2 Å². The van der Waals surface area contributed by atoms with E-state index in [0.717, 1.165) is 51.6 Å². The standard InChI is InChI=1S/C17H26N2O4/c1-22-14-16(21)19(17(14)6-10-23-11-7-17)13-4-8-18(9-5-13)15(20)12-2-3-12/h12-14H,2-11H2,1H3. The third-order valence-corrected chi connectivity index (χ3v) is 6.09. The first kappa shape index (κ1) is 15.4. The number of β-lactam (4-membered cyclic amide) rings is 1. The summed E-state index contributed by atoms with van der Waals surface area (Å²) in [5.41, 5.74) is -0.169. The number of amides is 2. The molecule has 6 nitrogen and oxygen atoms in total. The van der Waals surface area contributed by atoms with E-state index < -0.39 is 0 Å². The fourth-order valence-electron chi connectivity index (χ4n) is 4.66. The first-order valence-corrected chi connectivity index (χ1v) is 8.90. The molecule has 1 spiro atoms. The van der Waals surface area contributed by atoms with Crippen molar-refractivity contribution in [3.8, 4) is 0 Å². The second-order valence-corrected chi connectivity index (χ2v) is 7.37. The predicted octanol–water partition coefficient (Wildman–Crippen LogP) is 0.794. The van der Waals surface area contributed by atoms with Gasteiger partial charge in [-0.15, -0.1) is 0 Å². The van der Waals surface area contributed by atoms with Crippen molar-refractivity contribution >= 4 is 11.8 Å². The fourth-order valence-corrected chi connectivity index (χ4v) is 4.66. The Labute approximate surface area is 137 Å². The molecule has 128 valence electrons. The Hall–Kier alpha value is -1.14. The Morgan fingerprint density at radius 2 is 1.83 bits per heavy atom. The molecule has 0 aromatic heterocycles. The number of likely N-dealkylation sites (tertiary alicyclic amines) is 2. The second-order valence-electron chi connectivity index (χ2n) is 7.37. The molecule has 4 fully saturated rings. The van der Waals surface area contributed by atoms with Gasteiger partial charge in [-0.1, -0.05) is 0 Å². The number of carbonyl (C=O) groups excluding carboxylic acids is 2. The molecular formula is C17H26N2O4. The van der Waals surface area contributed by atoms with E-state index in [-0.39, 0.29) is 29.5 Å². The lowest BCUT2D eigenvalue weighted by Gasteiger charge is -2.61. The highest BCUT2D eigenvalue weighted by Gasteiger charge is 2.62. The van der Waals surface area contributed by atoms with Crippen LogP contribution in [-0.4, -0.2) is 72.7 Å². The number of hydrogen-bond acceptors (Lipinski definition) is 4. The van der Waals surface area contributed by atoms with Gasteiger partial charge in [-0.05, 0) is 38.5 Å². The van der Waals surface area contributed by atoms with Crippen LogP contribution in [0.3, 0.4) is 0 Å². The van der Waals surface area contributed by atoms with Gasteiger partial charge in [-0.25, -0.2) is 0 Å². The van der Waals surface area contributed by atoms with Gasteiger partial charge in [-0.3, -0.25) is 9.59 Å². The summed E-state index contributed by atoms with van der Waals surface area (Å²) in [6.07, 6.45) is 5.31. The number of carbonyl (C=O) groups is 2. The highest BCUT2D eigenvalue weighted by molar-refractivity contribution is 5.91. The number of methoxy groups -OCH3 is 1. The molecular weight excluding hydrogens is 296 g/mol. The van der Waals surface area contributed by atoms with Gasteiger partial charge < -0.3 is 19.3 Å². The monoisotopic (exact) mass is 322 g/mol. The molecule has 1 saturated carbocycles. The van der Waals surface area contributed by atoms with Crippen LogP contribution < -0.4 is 0 Å². The van der Waals surface area contributed by atoms with E-state index in [4.69, 9.17) is 9.47 Å². The summed E-state index contributed by atoms with van der Waals surface area (Å²) < 4.78 is 11.0. The van der Waals surface area contributed by atoms with Gasteiger partial charge in [0.15, 0.2) is 6.10 Å². The fraction of sp³-hybridized carbons (Fsp3) is 0.882. The number of hydrogen-bond donors (Lipinski definition) is 0. The molecule has 1 atom stereocenters. The van der Waals surface area contributed by atoms with Crippen molar-refractivity contribution < 1.29 is 19.1 Å². The molecule has 23 heavy (non-hydrogen) atoms. The third-order valence-electron chi connectivity index (χ3n) is 6.09. The molecule has 0 N–H and O–H groups in total. The van der Waals surface area contributed by atoms with E-state index >= 15 is 0 Å². The predicted molar refractivity (Wildman–Crippen MR) is 82.8 cm³/mol. The van der Waals surface area contributed by atoms with Crippen molar-refractivity contribution in [3.63, 3.8) is 0 Å². The van der Waals surface area contributed by atoms with E-state index in [9.17, 15) is 9.59 Å². The molecule has 0 bridgehead atoms. The summed E-state index contributed by atoms with van der Waals surface area (Å²) in [6.45, 7) is 2.97. The summed E-state index contributed by atoms with van der Waals surface area (Å²) >= 11 is 0. The summed E-state index contributed by atoms with van der Waals surface area (Å²) in [6, 6.07) is 0.246. The minimum Gasteiger partial charge on any atom is -0.381 e. The van der Waals surface area contributed by atoms with Crippen LogP contribution in [0.5, 0.6) is 0 Å². The van der Waals surface area contributed by atoms with Crippen LogP contribution in [0.25, 0.3) is 0 Å². The molecule has 3 aliphatic heterocycles. The maximum atomic E-state index is 12.6. The van der Waals surface area contributed by atoms with Crippen molar-refractivity contribution in [1.82, 2.24) is 9.80 Å². The van der Waals surface area contributed by atoms with Gasteiger partial charge in [-0.2, -0.15) is 0 Å². The van der Waals surface area contributed by atoms with Gasteiger partial charge in [0.05, 0.1) is 5.54 Å². The van der Waals surface area contributed by atoms with Crippen LogP contribution in [0.15, 0.2) is 0 Å². The first-order valence-electron chi connectivity index (χ1n) is 8.90. The molecule has 4 rings (SSSR count). The molecule has 0 radical (unpaired) electrons. The highest BCUT2D eigenvalue weighted by Crippen LogP contribution is 2.45. The third kappa shape index (κ3) is 2.38. The summed E-state index contributed by atoms with van der Waals surface area (Å²) in [4.78, 5) is 28.9. The number of piperidine rings is 1. The molecule has 3 saturated heterocycles. The topological polar surface area (TPSA) is 59.1 Å². The Morgan fingerprint density at radius 3 is 2.39 bits per heavy atom. The van der Waals surface area contributed by atoms with E-state index in [0.29, 0.717) is 19.1 Å². The van der Waals surface area contributed by atoms with E-state index in [1.165, 1.54) is 0 Å². The Balaban J connectivity index is 1.43. The molecule has 6 heteroatoms. The van der Waals surface area contributed by atoms with Crippen molar-refractivity contribution in [2.75, 3.05) is 33.4 Å². The quantitative estimate of drug-likeness (QED) is 0.721. The van der Waals surface area contributed by atoms with Crippen molar-refractivity contribution in [1.29, 1.82) is 0 Å². The van der Waals surface area contributed by atoms with Gasteiger partial charge in [0.2, 0.25) is 5.91 Å². The van der Waals surface area contributed by atoms with Crippen molar-refractivity contribution in [3.05, 3.63) is 0 Å². The van der Waals surface area contributed by atoms with Crippen LogP contribution >= 0.6 is 0 Å². The number of ether oxygens (including phenoxy) is 2. The van der Waals surface area contributed by atoms with E-state index in [1.54, 1.807) is 7.11 Å². The largest absolute Gasteiger partial charge is 0.381 e. The zero-order chi connectivity index (χ0) is 16.0. The summed E-state index contributed by atoms with van der Waals surface area (Å²) in [5.74, 6) is 0.743. The van der Waals surface area contributed by atoms with Gasteiger partial charge in [0, 0.05) is 45.4 Å². The maximum Gasteiger partial charge on any atom is 0.254 e. The Morgan fingerprint density at radius 1 is 1.17 bits per heavy atom. The normalized spacial score (nSPS) is 31.3. The van der Waals surface area contributed by atoms with Crippen molar-refractivity contribution in [2.24, 2.45) is 5.92 Å². The first-order chi connectivity index (χ1) is 11.2. The molecule has 3 heterocycles. The number of nitrogens with zero attached hydrogens (tertiary/aromatic N) is 2. The average molecular weight is 322 g/mol. The zero-order valence-electron chi connectivity index (χ0n) is 13.8. The highest BCUT2D eigenvalue weighted by atomic mass is 16.5. The maximum absolute atomic E-state index is 12.6. The van der Waals surface area contributed by atoms with Gasteiger partial charge >= 0.3 is 0 Å². The van der Waals surface area contributed by atoms with Crippen LogP contribution in [0.1, 0.15) is 38.5 Å². The van der Waals surface area contributed by atoms with Gasteiger partial charge in [0.25, 0.3) is 5.91 Å². The molecule has 0 aromatic carbocycles.